The van der Waals surface area contributed by atoms with Crippen molar-refractivity contribution in [2.45, 2.75) is 26.3 Å². The van der Waals surface area contributed by atoms with Gasteiger partial charge in [0.25, 0.3) is 0 Å². The molecule has 0 saturated heterocycles. The molecule has 29 heavy (non-hydrogen) atoms. The molecule has 0 amide bonds. The van der Waals surface area contributed by atoms with Crippen LogP contribution in [-0.4, -0.2) is 6.04 Å². The van der Waals surface area contributed by atoms with E-state index in [0.29, 0.717) is 6.04 Å². The van der Waals surface area contributed by atoms with E-state index in [2.05, 4.69) is 128 Å². The molecule has 0 saturated carbocycles. The first-order chi connectivity index (χ1) is 14.3. The molecule has 1 atom stereocenters. The molecule has 0 spiro atoms. The molecule has 0 radical (unpaired) electrons. The Balaban J connectivity index is 1.64. The van der Waals surface area contributed by atoms with Gasteiger partial charge in [-0.2, -0.15) is 0 Å². The van der Waals surface area contributed by atoms with Crippen LogP contribution in [0, 0.1) is 0 Å². The fourth-order valence-electron chi connectivity index (χ4n) is 3.73. The van der Waals surface area contributed by atoms with Crippen LogP contribution in [0.15, 0.2) is 109 Å². The summed E-state index contributed by atoms with van der Waals surface area (Å²) in [6.07, 6.45) is 1.08. The van der Waals surface area contributed by atoms with Gasteiger partial charge in [0.15, 0.2) is 0 Å². The standard InChI is InChI=1S/C28H27N/c1-3-22(2)29(27-18-14-25(15-19-27)23-10-6-4-7-11-23)28-20-16-26(17-21-28)24-12-8-5-9-13-24/h4-22H,3H2,1-2H3. The summed E-state index contributed by atoms with van der Waals surface area (Å²) in [4.78, 5) is 2.43. The van der Waals surface area contributed by atoms with Gasteiger partial charge in [0.2, 0.25) is 0 Å². The van der Waals surface area contributed by atoms with E-state index in [4.69, 9.17) is 0 Å². The third-order valence-electron chi connectivity index (χ3n) is 5.54. The molecule has 4 rings (SSSR count). The van der Waals surface area contributed by atoms with E-state index in [1.165, 1.54) is 33.6 Å². The van der Waals surface area contributed by atoms with Crippen molar-refractivity contribution in [2.75, 3.05) is 4.90 Å². The van der Waals surface area contributed by atoms with Gasteiger partial charge in [0.1, 0.15) is 0 Å². The molecule has 0 aromatic heterocycles. The molecule has 0 aliphatic carbocycles. The molecule has 1 heteroatoms. The molecule has 0 heterocycles. The topological polar surface area (TPSA) is 3.24 Å². The summed E-state index contributed by atoms with van der Waals surface area (Å²) in [6.45, 7) is 4.53. The maximum Gasteiger partial charge on any atom is 0.0413 e. The minimum atomic E-state index is 0.417. The summed E-state index contributed by atoms with van der Waals surface area (Å²) in [5.41, 5.74) is 7.46. The Morgan fingerprint density at radius 1 is 0.517 bits per heavy atom. The van der Waals surface area contributed by atoms with Crippen LogP contribution in [0.5, 0.6) is 0 Å². The van der Waals surface area contributed by atoms with Gasteiger partial charge in [-0.05, 0) is 59.9 Å². The van der Waals surface area contributed by atoms with Crippen molar-refractivity contribution in [3.63, 3.8) is 0 Å². The fourth-order valence-corrected chi connectivity index (χ4v) is 3.73. The Morgan fingerprint density at radius 2 is 0.862 bits per heavy atom. The summed E-state index contributed by atoms with van der Waals surface area (Å²) in [5.74, 6) is 0. The zero-order valence-corrected chi connectivity index (χ0v) is 17.1. The van der Waals surface area contributed by atoms with Crippen LogP contribution in [0.25, 0.3) is 22.3 Å². The maximum absolute atomic E-state index is 2.43. The van der Waals surface area contributed by atoms with Crippen molar-refractivity contribution in [1.29, 1.82) is 0 Å². The van der Waals surface area contributed by atoms with Gasteiger partial charge in [-0.3, -0.25) is 0 Å². The summed E-state index contributed by atoms with van der Waals surface area (Å²) in [7, 11) is 0. The highest BCUT2D eigenvalue weighted by Crippen LogP contribution is 2.32. The van der Waals surface area contributed by atoms with E-state index >= 15 is 0 Å². The second-order valence-electron chi connectivity index (χ2n) is 7.45. The first-order valence-electron chi connectivity index (χ1n) is 10.4. The minimum absolute atomic E-state index is 0.417. The van der Waals surface area contributed by atoms with Crippen LogP contribution in [0.3, 0.4) is 0 Å². The first-order valence-corrected chi connectivity index (χ1v) is 10.4. The normalized spacial score (nSPS) is 11.8. The average molecular weight is 378 g/mol. The highest BCUT2D eigenvalue weighted by molar-refractivity contribution is 5.72. The Morgan fingerprint density at radius 3 is 1.21 bits per heavy atom. The first kappa shape index (κ1) is 19.0. The third-order valence-corrected chi connectivity index (χ3v) is 5.54. The quantitative estimate of drug-likeness (QED) is 0.329. The van der Waals surface area contributed by atoms with E-state index in [0.717, 1.165) is 6.42 Å². The number of hydrogen-bond acceptors (Lipinski definition) is 1. The average Bonchev–Trinajstić information content (AvgIpc) is 2.81. The van der Waals surface area contributed by atoms with Crippen molar-refractivity contribution in [2.24, 2.45) is 0 Å². The second-order valence-corrected chi connectivity index (χ2v) is 7.45. The zero-order valence-electron chi connectivity index (χ0n) is 17.1. The van der Waals surface area contributed by atoms with Gasteiger partial charge >= 0.3 is 0 Å². The number of hydrogen-bond donors (Lipinski definition) is 0. The zero-order chi connectivity index (χ0) is 20.1. The van der Waals surface area contributed by atoms with Crippen molar-refractivity contribution in [3.05, 3.63) is 109 Å². The van der Waals surface area contributed by atoms with Crippen molar-refractivity contribution < 1.29 is 0 Å². The molecule has 144 valence electrons. The van der Waals surface area contributed by atoms with Crippen molar-refractivity contribution >= 4 is 11.4 Å². The lowest BCUT2D eigenvalue weighted by Crippen LogP contribution is -2.27. The van der Waals surface area contributed by atoms with E-state index in [1.54, 1.807) is 0 Å². The number of nitrogens with zero attached hydrogens (tertiary/aromatic N) is 1. The van der Waals surface area contributed by atoms with Crippen LogP contribution in [0.4, 0.5) is 11.4 Å². The lowest BCUT2D eigenvalue weighted by Gasteiger charge is -2.31. The SMILES string of the molecule is CCC(C)N(c1ccc(-c2ccccc2)cc1)c1ccc(-c2ccccc2)cc1. The molecule has 4 aromatic rings. The largest absolute Gasteiger partial charge is 0.339 e. The van der Waals surface area contributed by atoms with Crippen LogP contribution in [0.1, 0.15) is 20.3 Å². The predicted molar refractivity (Wildman–Crippen MR) is 126 cm³/mol. The Labute approximate surface area is 174 Å². The van der Waals surface area contributed by atoms with E-state index < -0.39 is 0 Å². The molecular weight excluding hydrogens is 350 g/mol. The second kappa shape index (κ2) is 8.79. The van der Waals surface area contributed by atoms with Gasteiger partial charge in [0, 0.05) is 17.4 Å². The maximum atomic E-state index is 2.43. The molecule has 1 unspecified atom stereocenters. The van der Waals surface area contributed by atoms with Crippen LogP contribution < -0.4 is 4.90 Å². The van der Waals surface area contributed by atoms with E-state index in [1.807, 2.05) is 0 Å². The highest BCUT2D eigenvalue weighted by Gasteiger charge is 2.15. The molecule has 0 fully saturated rings. The fraction of sp³-hybridized carbons (Fsp3) is 0.143. The number of rotatable bonds is 6. The van der Waals surface area contributed by atoms with Crippen LogP contribution in [-0.2, 0) is 0 Å². The van der Waals surface area contributed by atoms with Gasteiger partial charge in [-0.25, -0.2) is 0 Å². The number of anilines is 2. The summed E-state index contributed by atoms with van der Waals surface area (Å²) >= 11 is 0. The molecule has 0 aliphatic heterocycles. The molecule has 4 aromatic carbocycles. The Hall–Kier alpha value is -3.32. The van der Waals surface area contributed by atoms with Gasteiger partial charge < -0.3 is 4.90 Å². The van der Waals surface area contributed by atoms with Gasteiger partial charge in [-0.1, -0.05) is 91.9 Å². The summed E-state index contributed by atoms with van der Waals surface area (Å²) < 4.78 is 0. The minimum Gasteiger partial charge on any atom is -0.339 e. The van der Waals surface area contributed by atoms with Crippen LogP contribution >= 0.6 is 0 Å². The third kappa shape index (κ3) is 4.25. The number of benzene rings is 4. The lowest BCUT2D eigenvalue weighted by molar-refractivity contribution is 0.688. The summed E-state index contributed by atoms with van der Waals surface area (Å²) in [6, 6.07) is 39.3. The monoisotopic (exact) mass is 377 g/mol. The van der Waals surface area contributed by atoms with Gasteiger partial charge in [-0.15, -0.1) is 0 Å². The van der Waals surface area contributed by atoms with Crippen molar-refractivity contribution in [3.8, 4) is 22.3 Å². The van der Waals surface area contributed by atoms with E-state index in [-0.39, 0.29) is 0 Å². The highest BCUT2D eigenvalue weighted by atomic mass is 15.2. The molecule has 0 N–H and O–H groups in total. The molecule has 0 aliphatic rings. The van der Waals surface area contributed by atoms with Gasteiger partial charge in [0.05, 0.1) is 0 Å². The molecule has 0 bridgehead atoms. The molecule has 1 nitrogen and oxygen atoms in total. The van der Waals surface area contributed by atoms with Crippen LogP contribution in [0.2, 0.25) is 0 Å². The van der Waals surface area contributed by atoms with Crippen molar-refractivity contribution in [1.82, 2.24) is 0 Å². The summed E-state index contributed by atoms with van der Waals surface area (Å²) in [5, 5.41) is 0. The van der Waals surface area contributed by atoms with E-state index in [9.17, 15) is 0 Å². The lowest BCUT2D eigenvalue weighted by atomic mass is 10.0. The smallest absolute Gasteiger partial charge is 0.0413 e. The Bertz CT molecular complexity index is 936. The predicted octanol–water partition coefficient (Wildman–Crippen LogP) is 7.96. The Kier molecular flexibility index (Phi) is 5.76. The molecular formula is C28H27N.